The summed E-state index contributed by atoms with van der Waals surface area (Å²) in [4.78, 5) is 0. The zero-order valence-electron chi connectivity index (χ0n) is 9.16. The Morgan fingerprint density at radius 3 is 2.50 bits per heavy atom. The summed E-state index contributed by atoms with van der Waals surface area (Å²) >= 11 is 5.83. The van der Waals surface area contributed by atoms with Crippen LogP contribution >= 0.6 is 11.6 Å². The molecule has 2 rings (SSSR count). The normalized spacial score (nSPS) is 25.4. The van der Waals surface area contributed by atoms with E-state index in [4.69, 9.17) is 27.8 Å². The number of benzene rings is 1. The second-order valence-electron chi connectivity index (χ2n) is 4.34. The zero-order valence-corrected chi connectivity index (χ0v) is 9.91. The molecule has 0 saturated heterocycles. The van der Waals surface area contributed by atoms with Crippen LogP contribution in [0.4, 0.5) is 5.69 Å². The first kappa shape index (κ1) is 11.6. The lowest BCUT2D eigenvalue weighted by Crippen LogP contribution is -2.31. The number of halogens is 1. The second kappa shape index (κ2) is 4.93. The Balaban J connectivity index is 1.98. The minimum absolute atomic E-state index is 0.239. The van der Waals surface area contributed by atoms with Crippen molar-refractivity contribution in [3.8, 4) is 5.75 Å². The van der Waals surface area contributed by atoms with Crippen molar-refractivity contribution in [2.75, 3.05) is 5.73 Å². The molecule has 0 heterocycles. The van der Waals surface area contributed by atoms with Crippen molar-refractivity contribution in [1.29, 1.82) is 0 Å². The fourth-order valence-electron chi connectivity index (χ4n) is 2.01. The van der Waals surface area contributed by atoms with E-state index in [1.165, 1.54) is 0 Å². The van der Waals surface area contributed by atoms with Crippen LogP contribution in [0.1, 0.15) is 25.7 Å². The summed E-state index contributed by atoms with van der Waals surface area (Å²) in [6.45, 7) is 0. The highest BCUT2D eigenvalue weighted by Crippen LogP contribution is 2.29. The van der Waals surface area contributed by atoms with E-state index in [-0.39, 0.29) is 6.10 Å². The number of rotatable bonds is 2. The van der Waals surface area contributed by atoms with Gasteiger partial charge in [-0.25, -0.2) is 0 Å². The third kappa shape index (κ3) is 2.80. The van der Waals surface area contributed by atoms with Gasteiger partial charge in [0, 0.05) is 11.1 Å². The van der Waals surface area contributed by atoms with Crippen molar-refractivity contribution in [2.24, 2.45) is 5.73 Å². The Morgan fingerprint density at radius 2 is 1.88 bits per heavy atom. The van der Waals surface area contributed by atoms with Crippen molar-refractivity contribution >= 4 is 17.3 Å². The fraction of sp³-hybridized carbons (Fsp3) is 0.500. The predicted molar refractivity (Wildman–Crippen MR) is 66.7 cm³/mol. The van der Waals surface area contributed by atoms with E-state index in [0.717, 1.165) is 31.4 Å². The number of anilines is 1. The molecule has 0 atom stereocenters. The highest BCUT2D eigenvalue weighted by Gasteiger charge is 2.20. The van der Waals surface area contributed by atoms with Gasteiger partial charge in [0.05, 0.1) is 11.8 Å². The molecule has 0 aliphatic heterocycles. The highest BCUT2D eigenvalue weighted by molar-refractivity contribution is 6.30. The largest absolute Gasteiger partial charge is 0.488 e. The maximum Gasteiger partial charge on any atom is 0.142 e. The molecule has 88 valence electrons. The van der Waals surface area contributed by atoms with E-state index in [1.807, 2.05) is 6.07 Å². The standard InChI is InChI=1S/C12H17ClN2O/c13-8-1-6-12(11(15)7-8)16-10-4-2-9(14)3-5-10/h1,6-7,9-10H,2-5,14-15H2. The van der Waals surface area contributed by atoms with Crippen molar-refractivity contribution < 1.29 is 4.74 Å². The zero-order chi connectivity index (χ0) is 11.5. The first-order valence-corrected chi connectivity index (χ1v) is 6.00. The first-order valence-electron chi connectivity index (χ1n) is 5.62. The summed E-state index contributed by atoms with van der Waals surface area (Å²) in [6, 6.07) is 5.67. The quantitative estimate of drug-likeness (QED) is 0.781. The summed E-state index contributed by atoms with van der Waals surface area (Å²) in [5.41, 5.74) is 12.3. The lowest BCUT2D eigenvalue weighted by Gasteiger charge is -2.27. The molecule has 0 spiro atoms. The van der Waals surface area contributed by atoms with E-state index >= 15 is 0 Å². The van der Waals surface area contributed by atoms with Crippen LogP contribution in [-0.4, -0.2) is 12.1 Å². The lowest BCUT2D eigenvalue weighted by molar-refractivity contribution is 0.148. The molecular weight excluding hydrogens is 224 g/mol. The van der Waals surface area contributed by atoms with Gasteiger partial charge in [-0.2, -0.15) is 0 Å². The third-order valence-electron chi connectivity index (χ3n) is 2.98. The van der Waals surface area contributed by atoms with Crippen LogP contribution in [0.5, 0.6) is 5.75 Å². The smallest absolute Gasteiger partial charge is 0.142 e. The molecule has 1 aliphatic rings. The molecular formula is C12H17ClN2O. The van der Waals surface area contributed by atoms with Crippen molar-refractivity contribution in [3.05, 3.63) is 23.2 Å². The molecule has 0 radical (unpaired) electrons. The Bertz CT molecular complexity index is 362. The molecule has 1 fully saturated rings. The molecule has 1 aromatic rings. The van der Waals surface area contributed by atoms with Gasteiger partial charge in [0.15, 0.2) is 0 Å². The van der Waals surface area contributed by atoms with E-state index in [2.05, 4.69) is 0 Å². The van der Waals surface area contributed by atoms with E-state index in [0.29, 0.717) is 16.8 Å². The molecule has 1 aromatic carbocycles. The van der Waals surface area contributed by atoms with Crippen molar-refractivity contribution in [1.82, 2.24) is 0 Å². The van der Waals surface area contributed by atoms with Crippen LogP contribution in [0.2, 0.25) is 5.02 Å². The van der Waals surface area contributed by atoms with Gasteiger partial charge in [-0.1, -0.05) is 11.6 Å². The molecule has 3 nitrogen and oxygen atoms in total. The van der Waals surface area contributed by atoms with E-state index < -0.39 is 0 Å². The maximum absolute atomic E-state index is 5.85. The SMILES string of the molecule is Nc1cc(Cl)ccc1OC1CCC(N)CC1. The number of ether oxygens (including phenoxy) is 1. The average molecular weight is 241 g/mol. The Hall–Kier alpha value is -0.930. The summed E-state index contributed by atoms with van der Waals surface area (Å²) in [5, 5.41) is 0.635. The fourth-order valence-corrected chi connectivity index (χ4v) is 2.19. The van der Waals surface area contributed by atoms with Gasteiger partial charge in [0.2, 0.25) is 0 Å². The van der Waals surface area contributed by atoms with Crippen LogP contribution in [0.25, 0.3) is 0 Å². The van der Waals surface area contributed by atoms with Gasteiger partial charge in [-0.3, -0.25) is 0 Å². The molecule has 0 amide bonds. The molecule has 16 heavy (non-hydrogen) atoms. The molecule has 1 aliphatic carbocycles. The van der Waals surface area contributed by atoms with Gasteiger partial charge in [0.25, 0.3) is 0 Å². The molecule has 1 saturated carbocycles. The predicted octanol–water partition coefficient (Wildman–Crippen LogP) is 2.57. The Labute approximate surface area is 101 Å². The monoisotopic (exact) mass is 240 g/mol. The van der Waals surface area contributed by atoms with Crippen LogP contribution in [0.15, 0.2) is 18.2 Å². The number of hydrogen-bond donors (Lipinski definition) is 2. The second-order valence-corrected chi connectivity index (χ2v) is 4.77. The van der Waals surface area contributed by atoms with Crippen molar-refractivity contribution in [2.45, 2.75) is 37.8 Å². The molecule has 4 heteroatoms. The van der Waals surface area contributed by atoms with Crippen molar-refractivity contribution in [3.63, 3.8) is 0 Å². The summed E-state index contributed by atoms with van der Waals surface area (Å²) in [6.07, 6.45) is 4.30. The molecule has 0 aromatic heterocycles. The number of nitrogen functional groups attached to an aromatic ring is 1. The van der Waals surface area contributed by atoms with E-state index in [1.54, 1.807) is 12.1 Å². The average Bonchev–Trinajstić information content (AvgIpc) is 2.25. The van der Waals surface area contributed by atoms with Gasteiger partial charge in [-0.05, 0) is 43.9 Å². The summed E-state index contributed by atoms with van der Waals surface area (Å²) < 4.78 is 5.85. The molecule has 0 unspecified atom stereocenters. The molecule has 0 bridgehead atoms. The van der Waals surface area contributed by atoms with Gasteiger partial charge in [-0.15, -0.1) is 0 Å². The van der Waals surface area contributed by atoms with E-state index in [9.17, 15) is 0 Å². The number of nitrogens with two attached hydrogens (primary N) is 2. The first-order chi connectivity index (χ1) is 7.65. The molecule has 4 N–H and O–H groups in total. The van der Waals surface area contributed by atoms with Gasteiger partial charge < -0.3 is 16.2 Å². The minimum Gasteiger partial charge on any atom is -0.488 e. The number of hydrogen-bond acceptors (Lipinski definition) is 3. The highest BCUT2D eigenvalue weighted by atomic mass is 35.5. The van der Waals surface area contributed by atoms with Gasteiger partial charge >= 0.3 is 0 Å². The maximum atomic E-state index is 5.85. The minimum atomic E-state index is 0.239. The van der Waals surface area contributed by atoms with Crippen LogP contribution < -0.4 is 16.2 Å². The van der Waals surface area contributed by atoms with Gasteiger partial charge in [0.1, 0.15) is 5.75 Å². The van der Waals surface area contributed by atoms with Crippen LogP contribution in [0.3, 0.4) is 0 Å². The topological polar surface area (TPSA) is 61.3 Å². The third-order valence-corrected chi connectivity index (χ3v) is 3.22. The van der Waals surface area contributed by atoms with Crippen LogP contribution in [0, 0.1) is 0 Å². The van der Waals surface area contributed by atoms with Crippen LogP contribution in [-0.2, 0) is 0 Å². The Morgan fingerprint density at radius 1 is 1.19 bits per heavy atom. The Kier molecular flexibility index (Phi) is 3.56. The summed E-state index contributed by atoms with van der Waals surface area (Å²) in [7, 11) is 0. The lowest BCUT2D eigenvalue weighted by atomic mass is 9.94. The summed E-state index contributed by atoms with van der Waals surface area (Å²) in [5.74, 6) is 0.727.